The van der Waals surface area contributed by atoms with Gasteiger partial charge in [-0.3, -0.25) is 4.79 Å². The van der Waals surface area contributed by atoms with Crippen LogP contribution in [0.5, 0.6) is 0 Å². The molecule has 1 amide bonds. The van der Waals surface area contributed by atoms with Gasteiger partial charge in [-0.05, 0) is 12.5 Å². The Labute approximate surface area is 108 Å². The third-order valence-electron chi connectivity index (χ3n) is 2.18. The molecule has 1 N–H and O–H groups in total. The van der Waals surface area contributed by atoms with Gasteiger partial charge < -0.3 is 0 Å². The minimum atomic E-state index is -0.263. The summed E-state index contributed by atoms with van der Waals surface area (Å²) in [5.74, 6) is -0.263. The fourth-order valence-corrected chi connectivity index (χ4v) is 2.81. The summed E-state index contributed by atoms with van der Waals surface area (Å²) in [7, 11) is 0. The zero-order valence-electron chi connectivity index (χ0n) is 9.24. The number of fused-ring (bicyclic) bond motifs is 1. The first kappa shape index (κ1) is 12.1. The Kier molecular flexibility index (Phi) is 3.76. The van der Waals surface area contributed by atoms with Crippen molar-refractivity contribution in [3.63, 3.8) is 0 Å². The van der Waals surface area contributed by atoms with E-state index < -0.39 is 0 Å². The number of hydrogen-bond acceptors (Lipinski definition) is 3. The maximum Gasteiger partial charge on any atom is 0.282 e. The molecule has 0 radical (unpaired) electrons. The predicted molar refractivity (Wildman–Crippen MR) is 73.1 cm³/mol. The van der Waals surface area contributed by atoms with E-state index >= 15 is 0 Å². The summed E-state index contributed by atoms with van der Waals surface area (Å²) in [6.07, 6.45) is 2.42. The Bertz CT molecular complexity index is 577. The van der Waals surface area contributed by atoms with Crippen LogP contribution in [0.4, 0.5) is 0 Å². The van der Waals surface area contributed by atoms with Gasteiger partial charge in [0.05, 0.1) is 5.02 Å². The first-order chi connectivity index (χ1) is 8.24. The molecule has 88 valence electrons. The molecule has 2 aromatic rings. The number of amides is 1. The summed E-state index contributed by atoms with van der Waals surface area (Å²) in [4.78, 5) is 12.3. The fraction of sp³-hybridized carbons (Fsp3) is 0.167. The first-order valence-corrected chi connectivity index (χ1v) is 6.42. The van der Waals surface area contributed by atoms with Crippen LogP contribution in [-0.2, 0) is 0 Å². The lowest BCUT2D eigenvalue weighted by molar-refractivity contribution is 0.0959. The van der Waals surface area contributed by atoms with Crippen LogP contribution in [-0.4, -0.2) is 12.1 Å². The molecule has 2 rings (SSSR count). The molecular weight excluding hydrogens is 256 g/mol. The molecule has 0 aliphatic carbocycles. The molecule has 5 heteroatoms. The molecule has 0 bridgehead atoms. The van der Waals surface area contributed by atoms with Crippen LogP contribution in [0.25, 0.3) is 10.1 Å². The Morgan fingerprint density at radius 1 is 1.53 bits per heavy atom. The van der Waals surface area contributed by atoms with E-state index in [9.17, 15) is 4.79 Å². The SMILES string of the molecule is CC/C=N/NC(=O)c1sc2ccccc2c1Cl. The Balaban J connectivity index is 2.32. The number of rotatable bonds is 3. The van der Waals surface area contributed by atoms with Crippen LogP contribution in [0.1, 0.15) is 23.0 Å². The number of carbonyl (C=O) groups excluding carboxylic acids is 1. The molecule has 0 aliphatic rings. The maximum atomic E-state index is 11.8. The first-order valence-electron chi connectivity index (χ1n) is 5.23. The van der Waals surface area contributed by atoms with Crippen molar-refractivity contribution in [2.24, 2.45) is 5.10 Å². The summed E-state index contributed by atoms with van der Waals surface area (Å²) < 4.78 is 1.00. The lowest BCUT2D eigenvalue weighted by Crippen LogP contribution is -2.16. The number of nitrogens with one attached hydrogen (secondary N) is 1. The van der Waals surface area contributed by atoms with E-state index in [1.807, 2.05) is 31.2 Å². The van der Waals surface area contributed by atoms with E-state index in [0.717, 1.165) is 16.5 Å². The highest BCUT2D eigenvalue weighted by Crippen LogP contribution is 2.34. The second-order valence-electron chi connectivity index (χ2n) is 3.40. The second-order valence-corrected chi connectivity index (χ2v) is 4.83. The molecular formula is C12H11ClN2OS. The predicted octanol–water partition coefficient (Wildman–Crippen LogP) is 3.68. The van der Waals surface area contributed by atoms with Crippen LogP contribution in [0.15, 0.2) is 29.4 Å². The Morgan fingerprint density at radius 2 is 2.29 bits per heavy atom. The van der Waals surface area contributed by atoms with Gasteiger partial charge in [-0.2, -0.15) is 5.10 Å². The monoisotopic (exact) mass is 266 g/mol. The molecule has 0 spiro atoms. The van der Waals surface area contributed by atoms with Crippen LogP contribution >= 0.6 is 22.9 Å². The standard InChI is InChI=1S/C12H11ClN2OS/c1-2-7-14-15-12(16)11-10(13)8-5-3-4-6-9(8)17-11/h3-7H,2H2,1H3,(H,15,16)/b14-7+. The normalized spacial score (nSPS) is 11.2. The number of thiophene rings is 1. The van der Waals surface area contributed by atoms with Gasteiger partial charge in [-0.15, -0.1) is 11.3 Å². The lowest BCUT2D eigenvalue weighted by Gasteiger charge is -1.96. The van der Waals surface area contributed by atoms with Gasteiger partial charge in [0.1, 0.15) is 4.88 Å². The summed E-state index contributed by atoms with van der Waals surface area (Å²) in [5.41, 5.74) is 2.46. The van der Waals surface area contributed by atoms with Crippen LogP contribution in [0.3, 0.4) is 0 Å². The second kappa shape index (κ2) is 5.29. The smallest absolute Gasteiger partial charge is 0.266 e. The summed E-state index contributed by atoms with van der Waals surface area (Å²) >= 11 is 7.53. The van der Waals surface area contributed by atoms with Gasteiger partial charge >= 0.3 is 0 Å². The van der Waals surface area contributed by atoms with Crippen LogP contribution in [0, 0.1) is 0 Å². The van der Waals surface area contributed by atoms with Crippen molar-refractivity contribution < 1.29 is 4.79 Å². The minimum absolute atomic E-state index is 0.263. The lowest BCUT2D eigenvalue weighted by atomic mass is 10.2. The van der Waals surface area contributed by atoms with Gasteiger partial charge in [0.15, 0.2) is 0 Å². The summed E-state index contributed by atoms with van der Waals surface area (Å²) in [6.45, 7) is 1.95. The highest BCUT2D eigenvalue weighted by molar-refractivity contribution is 7.21. The number of nitrogens with zero attached hydrogens (tertiary/aromatic N) is 1. The van der Waals surface area contributed by atoms with E-state index in [1.54, 1.807) is 6.21 Å². The van der Waals surface area contributed by atoms with Gasteiger partial charge in [0, 0.05) is 16.3 Å². The molecule has 0 aliphatic heterocycles. The number of benzene rings is 1. The van der Waals surface area contributed by atoms with Crippen molar-refractivity contribution in [1.82, 2.24) is 5.43 Å². The van der Waals surface area contributed by atoms with Crippen LogP contribution < -0.4 is 5.43 Å². The number of hydrazone groups is 1. The topological polar surface area (TPSA) is 41.5 Å². The van der Waals surface area contributed by atoms with Crippen molar-refractivity contribution in [3.05, 3.63) is 34.2 Å². The summed E-state index contributed by atoms with van der Waals surface area (Å²) in [5, 5.41) is 5.20. The molecule has 3 nitrogen and oxygen atoms in total. The number of carbonyl (C=O) groups is 1. The van der Waals surface area contributed by atoms with E-state index in [1.165, 1.54) is 11.3 Å². The molecule has 17 heavy (non-hydrogen) atoms. The van der Waals surface area contributed by atoms with Crippen molar-refractivity contribution in [2.45, 2.75) is 13.3 Å². The van der Waals surface area contributed by atoms with Crippen molar-refractivity contribution in [2.75, 3.05) is 0 Å². The molecule has 0 saturated heterocycles. The van der Waals surface area contributed by atoms with Crippen molar-refractivity contribution in [3.8, 4) is 0 Å². The molecule has 1 aromatic heterocycles. The number of halogens is 1. The van der Waals surface area contributed by atoms with Crippen molar-refractivity contribution >= 4 is 45.1 Å². The third kappa shape index (κ3) is 2.48. The fourth-order valence-electron chi connectivity index (χ4n) is 1.41. The zero-order chi connectivity index (χ0) is 12.3. The largest absolute Gasteiger partial charge is 0.282 e. The average molecular weight is 267 g/mol. The summed E-state index contributed by atoms with van der Waals surface area (Å²) in [6, 6.07) is 7.67. The molecule has 0 unspecified atom stereocenters. The van der Waals surface area contributed by atoms with E-state index in [4.69, 9.17) is 11.6 Å². The quantitative estimate of drug-likeness (QED) is 0.668. The maximum absolute atomic E-state index is 11.8. The van der Waals surface area contributed by atoms with Crippen LogP contribution in [0.2, 0.25) is 5.02 Å². The van der Waals surface area contributed by atoms with E-state index in [-0.39, 0.29) is 5.91 Å². The minimum Gasteiger partial charge on any atom is -0.266 e. The van der Waals surface area contributed by atoms with E-state index in [2.05, 4.69) is 10.5 Å². The Hall–Kier alpha value is -1.39. The van der Waals surface area contributed by atoms with Crippen molar-refractivity contribution in [1.29, 1.82) is 0 Å². The van der Waals surface area contributed by atoms with E-state index in [0.29, 0.717) is 9.90 Å². The highest BCUT2D eigenvalue weighted by Gasteiger charge is 2.15. The number of hydrogen-bond donors (Lipinski definition) is 1. The molecule has 0 fully saturated rings. The van der Waals surface area contributed by atoms with Gasteiger partial charge in [-0.25, -0.2) is 5.43 Å². The molecule has 0 atom stereocenters. The zero-order valence-corrected chi connectivity index (χ0v) is 10.8. The van der Waals surface area contributed by atoms with Gasteiger partial charge in [0.2, 0.25) is 0 Å². The molecule has 1 aromatic carbocycles. The third-order valence-corrected chi connectivity index (χ3v) is 3.86. The Morgan fingerprint density at radius 3 is 3.00 bits per heavy atom. The van der Waals surface area contributed by atoms with Gasteiger partial charge in [-0.1, -0.05) is 36.7 Å². The average Bonchev–Trinajstić information content (AvgIpc) is 2.68. The van der Waals surface area contributed by atoms with Gasteiger partial charge in [0.25, 0.3) is 5.91 Å². The molecule has 0 saturated carbocycles. The highest BCUT2D eigenvalue weighted by atomic mass is 35.5. The molecule has 1 heterocycles.